The van der Waals surface area contributed by atoms with Gasteiger partial charge < -0.3 is 8.97 Å². The molecule has 0 heterocycles. The minimum atomic E-state index is 0.575. The highest BCUT2D eigenvalue weighted by Crippen LogP contribution is 2.37. The molecule has 0 saturated heterocycles. The fourth-order valence-corrected chi connectivity index (χ4v) is 2.58. The molecule has 0 N–H and O–H groups in total. The fourth-order valence-electron chi connectivity index (χ4n) is 2.58. The van der Waals surface area contributed by atoms with Crippen molar-refractivity contribution in [2.45, 2.75) is 46.0 Å². The van der Waals surface area contributed by atoms with Gasteiger partial charge in [-0.3, -0.25) is 0 Å². The zero-order valence-electron chi connectivity index (χ0n) is 14.3. The second-order valence-corrected chi connectivity index (χ2v) is 8.13. The lowest BCUT2D eigenvalue weighted by atomic mass is 9.74. The second-order valence-electron chi connectivity index (χ2n) is 8.13. The van der Waals surface area contributed by atoms with Crippen molar-refractivity contribution in [2.75, 3.05) is 55.4 Å². The number of hydrogen-bond donors (Lipinski definition) is 0. The average Bonchev–Trinajstić information content (AvgIpc) is 2.20. The third-order valence-corrected chi connectivity index (χ3v) is 4.16. The molecule has 0 aliphatic heterocycles. The van der Waals surface area contributed by atoms with Crippen LogP contribution in [0.3, 0.4) is 0 Å². The maximum absolute atomic E-state index is 2.39. The predicted molar refractivity (Wildman–Crippen MR) is 82.7 cm³/mol. The number of hydrogen-bond acceptors (Lipinski definition) is 0. The summed E-state index contributed by atoms with van der Waals surface area (Å²) in [5.74, 6) is 0. The molecule has 0 saturated carbocycles. The van der Waals surface area contributed by atoms with E-state index >= 15 is 0 Å². The van der Waals surface area contributed by atoms with E-state index in [1.807, 2.05) is 0 Å². The van der Waals surface area contributed by atoms with Gasteiger partial charge in [0.15, 0.2) is 0 Å². The minimum Gasteiger partial charge on any atom is -0.331 e. The minimum absolute atomic E-state index is 0.575. The van der Waals surface area contributed by atoms with E-state index in [-0.39, 0.29) is 0 Å². The van der Waals surface area contributed by atoms with E-state index in [9.17, 15) is 0 Å². The largest absolute Gasteiger partial charge is 0.331 e. The van der Waals surface area contributed by atoms with E-state index in [0.717, 1.165) is 8.97 Å². The Hall–Kier alpha value is -0.0800. The van der Waals surface area contributed by atoms with Gasteiger partial charge in [0.1, 0.15) is 0 Å². The van der Waals surface area contributed by atoms with Crippen LogP contribution in [0, 0.1) is 5.41 Å². The van der Waals surface area contributed by atoms with Crippen molar-refractivity contribution in [1.82, 2.24) is 0 Å². The lowest BCUT2D eigenvalue weighted by Crippen LogP contribution is -2.42. The van der Waals surface area contributed by atoms with Gasteiger partial charge in [-0.05, 0) is 11.8 Å². The monoisotopic (exact) mass is 258 g/mol. The Morgan fingerprint density at radius 3 is 1.28 bits per heavy atom. The van der Waals surface area contributed by atoms with Gasteiger partial charge in [-0.2, -0.15) is 0 Å². The Kier molecular flexibility index (Phi) is 6.87. The molecule has 0 radical (unpaired) electrons. The van der Waals surface area contributed by atoms with Gasteiger partial charge >= 0.3 is 0 Å². The summed E-state index contributed by atoms with van der Waals surface area (Å²) in [6.45, 7) is 7.32. The van der Waals surface area contributed by atoms with Crippen molar-refractivity contribution in [3.8, 4) is 0 Å². The van der Waals surface area contributed by atoms with Crippen LogP contribution in [-0.2, 0) is 0 Å². The Balaban J connectivity index is 4.60. The Morgan fingerprint density at radius 2 is 1.06 bits per heavy atom. The van der Waals surface area contributed by atoms with Crippen LogP contribution in [0.1, 0.15) is 46.0 Å². The van der Waals surface area contributed by atoms with Crippen LogP contribution in [-0.4, -0.2) is 64.3 Å². The highest BCUT2D eigenvalue weighted by Gasteiger charge is 2.31. The van der Waals surface area contributed by atoms with Crippen LogP contribution in [0.15, 0.2) is 0 Å². The van der Waals surface area contributed by atoms with Gasteiger partial charge in [-0.25, -0.2) is 0 Å². The van der Waals surface area contributed by atoms with Crippen LogP contribution < -0.4 is 0 Å². The first-order valence-electron chi connectivity index (χ1n) is 7.64. The summed E-state index contributed by atoms with van der Waals surface area (Å²) < 4.78 is 2.19. The third kappa shape index (κ3) is 8.10. The first-order valence-corrected chi connectivity index (χ1v) is 7.64. The normalized spacial score (nSPS) is 14.0. The molecule has 0 bridgehead atoms. The first-order chi connectivity index (χ1) is 8.04. The topological polar surface area (TPSA) is 0 Å². The third-order valence-electron chi connectivity index (χ3n) is 4.16. The molecule has 0 aromatic rings. The quantitative estimate of drug-likeness (QED) is 0.556. The smallest absolute Gasteiger partial charge is 0.0785 e. The van der Waals surface area contributed by atoms with Crippen molar-refractivity contribution in [2.24, 2.45) is 5.41 Å². The molecule has 0 aromatic carbocycles. The molecule has 0 atom stereocenters. The summed E-state index contributed by atoms with van der Waals surface area (Å²) in [4.78, 5) is 0. The van der Waals surface area contributed by atoms with Crippen LogP contribution in [0.2, 0.25) is 0 Å². The van der Waals surface area contributed by atoms with Crippen LogP contribution in [0.4, 0.5) is 0 Å². The SMILES string of the molecule is CCCC(CC)(CC[N+](C)(C)C)CC[N+](C)(C)C. The van der Waals surface area contributed by atoms with Gasteiger partial charge in [0.25, 0.3) is 0 Å². The lowest BCUT2D eigenvalue weighted by Gasteiger charge is -2.38. The molecular weight excluding hydrogens is 220 g/mol. The molecule has 18 heavy (non-hydrogen) atoms. The van der Waals surface area contributed by atoms with Gasteiger partial charge in [0.05, 0.1) is 55.4 Å². The molecule has 0 amide bonds. The molecule has 0 aliphatic rings. The van der Waals surface area contributed by atoms with Gasteiger partial charge in [-0.1, -0.05) is 26.7 Å². The molecule has 2 nitrogen and oxygen atoms in total. The molecule has 0 rings (SSSR count). The molecular formula is C16H38N2+2. The van der Waals surface area contributed by atoms with E-state index in [1.54, 1.807) is 0 Å². The van der Waals surface area contributed by atoms with E-state index in [4.69, 9.17) is 0 Å². The molecule has 0 spiro atoms. The number of rotatable bonds is 9. The van der Waals surface area contributed by atoms with E-state index in [1.165, 1.54) is 45.2 Å². The van der Waals surface area contributed by atoms with Gasteiger partial charge in [0.2, 0.25) is 0 Å². The Morgan fingerprint density at radius 1 is 0.667 bits per heavy atom. The molecule has 0 fully saturated rings. The van der Waals surface area contributed by atoms with Crippen molar-refractivity contribution in [1.29, 1.82) is 0 Å². The first kappa shape index (κ1) is 17.9. The number of nitrogens with zero attached hydrogens (tertiary/aromatic N) is 2. The predicted octanol–water partition coefficient (Wildman–Crippen LogP) is 3.38. The maximum Gasteiger partial charge on any atom is 0.0785 e. The fraction of sp³-hybridized carbons (Fsp3) is 1.00. The van der Waals surface area contributed by atoms with Gasteiger partial charge in [-0.15, -0.1) is 0 Å². The Bertz CT molecular complexity index is 202. The van der Waals surface area contributed by atoms with Crippen LogP contribution in [0.5, 0.6) is 0 Å². The molecule has 2 heteroatoms. The van der Waals surface area contributed by atoms with E-state index in [0.29, 0.717) is 5.41 Å². The summed E-state index contributed by atoms with van der Waals surface area (Å²) >= 11 is 0. The highest BCUT2D eigenvalue weighted by molar-refractivity contribution is 4.77. The van der Waals surface area contributed by atoms with Crippen molar-refractivity contribution in [3.63, 3.8) is 0 Å². The van der Waals surface area contributed by atoms with Crippen molar-refractivity contribution < 1.29 is 8.97 Å². The van der Waals surface area contributed by atoms with Crippen LogP contribution in [0.25, 0.3) is 0 Å². The van der Waals surface area contributed by atoms with Crippen molar-refractivity contribution >= 4 is 0 Å². The van der Waals surface area contributed by atoms with Crippen LogP contribution >= 0.6 is 0 Å². The summed E-state index contributed by atoms with van der Waals surface area (Å²) in [6, 6.07) is 0. The standard InChI is InChI=1S/C16H38N2/c1-9-11-16(10-2,12-14-17(3,4)5)13-15-18(6,7)8/h9-15H2,1-8H3/q+2. The summed E-state index contributed by atoms with van der Waals surface area (Å²) in [5, 5.41) is 0. The van der Waals surface area contributed by atoms with E-state index < -0.39 is 0 Å². The second kappa shape index (κ2) is 6.91. The summed E-state index contributed by atoms with van der Waals surface area (Å²) in [7, 11) is 13.9. The molecule has 110 valence electrons. The lowest BCUT2D eigenvalue weighted by molar-refractivity contribution is -0.874. The zero-order chi connectivity index (χ0) is 14.4. The number of quaternary nitrogens is 2. The molecule has 0 aromatic heterocycles. The maximum atomic E-state index is 2.39. The Labute approximate surface area is 116 Å². The van der Waals surface area contributed by atoms with E-state index in [2.05, 4.69) is 56.1 Å². The highest BCUT2D eigenvalue weighted by atomic mass is 15.3. The zero-order valence-corrected chi connectivity index (χ0v) is 14.3. The molecule has 0 aliphatic carbocycles. The summed E-state index contributed by atoms with van der Waals surface area (Å²) in [5.41, 5.74) is 0.575. The average molecular weight is 258 g/mol. The van der Waals surface area contributed by atoms with Crippen molar-refractivity contribution in [3.05, 3.63) is 0 Å². The summed E-state index contributed by atoms with van der Waals surface area (Å²) in [6.07, 6.45) is 6.80. The molecule has 0 unspecified atom stereocenters. The van der Waals surface area contributed by atoms with Gasteiger partial charge in [0, 0.05) is 12.8 Å².